The molecule has 1 atom stereocenters. The summed E-state index contributed by atoms with van der Waals surface area (Å²) in [4.78, 5) is 19.6. The first-order valence-electron chi connectivity index (χ1n) is 11.3. The Balaban J connectivity index is 0.00000512. The van der Waals surface area contributed by atoms with E-state index in [9.17, 15) is 4.79 Å². The number of nitrogens with zero attached hydrogens (tertiary/aromatic N) is 2. The molecule has 1 unspecified atom stereocenters. The molecule has 1 heterocycles. The number of morpholine rings is 1. The van der Waals surface area contributed by atoms with E-state index in [1.54, 1.807) is 19.2 Å². The van der Waals surface area contributed by atoms with Crippen LogP contribution in [0.5, 0.6) is 5.75 Å². The van der Waals surface area contributed by atoms with E-state index in [0.29, 0.717) is 36.4 Å². The summed E-state index contributed by atoms with van der Waals surface area (Å²) in [7, 11) is 1.59. The molecule has 1 aromatic carbocycles. The molecular weight excluding hydrogens is 521 g/mol. The van der Waals surface area contributed by atoms with Crippen molar-refractivity contribution in [3.05, 3.63) is 29.8 Å². The molecule has 1 saturated heterocycles. The van der Waals surface area contributed by atoms with Crippen molar-refractivity contribution in [1.82, 2.24) is 20.9 Å². The number of amides is 1. The van der Waals surface area contributed by atoms with Gasteiger partial charge in [0.1, 0.15) is 5.75 Å². The van der Waals surface area contributed by atoms with Crippen LogP contribution in [0.25, 0.3) is 0 Å². The number of hydrogen-bond donors (Lipinski definition) is 3. The average molecular weight is 562 g/mol. The third kappa shape index (κ3) is 10.4. The van der Waals surface area contributed by atoms with Gasteiger partial charge in [-0.2, -0.15) is 0 Å². The van der Waals surface area contributed by atoms with Crippen LogP contribution < -0.4 is 20.7 Å². The first-order chi connectivity index (χ1) is 15.0. The fourth-order valence-corrected chi connectivity index (χ4v) is 3.59. The maximum Gasteiger partial charge on any atom is 0.251 e. The smallest absolute Gasteiger partial charge is 0.251 e. The van der Waals surface area contributed by atoms with Gasteiger partial charge in [-0.15, -0.1) is 24.0 Å². The molecule has 9 heteroatoms. The number of ether oxygens (including phenoxy) is 2. The maximum atomic E-state index is 12.3. The molecule has 2 rings (SSSR count). The molecule has 1 aliphatic heterocycles. The monoisotopic (exact) mass is 561 g/mol. The molecule has 0 radical (unpaired) electrons. The highest BCUT2D eigenvalue weighted by atomic mass is 127. The van der Waals surface area contributed by atoms with E-state index in [2.05, 4.69) is 41.6 Å². The van der Waals surface area contributed by atoms with Crippen LogP contribution >= 0.6 is 24.0 Å². The lowest BCUT2D eigenvalue weighted by Crippen LogP contribution is -2.47. The molecule has 0 bridgehead atoms. The quantitative estimate of drug-likeness (QED) is 0.167. The normalized spacial score (nSPS) is 15.6. The van der Waals surface area contributed by atoms with Gasteiger partial charge < -0.3 is 25.4 Å². The van der Waals surface area contributed by atoms with E-state index in [1.807, 2.05) is 12.1 Å². The summed E-state index contributed by atoms with van der Waals surface area (Å²) in [5.41, 5.74) is 0.585. The van der Waals surface area contributed by atoms with Crippen LogP contribution in [-0.4, -0.2) is 82.4 Å². The van der Waals surface area contributed by atoms with Crippen molar-refractivity contribution < 1.29 is 14.3 Å². The number of hydrogen-bond acceptors (Lipinski definition) is 5. The Labute approximate surface area is 209 Å². The minimum atomic E-state index is -0.119. The predicted octanol–water partition coefficient (Wildman–Crippen LogP) is 2.35. The van der Waals surface area contributed by atoms with Crippen molar-refractivity contribution in [2.24, 2.45) is 10.9 Å². The van der Waals surface area contributed by atoms with Crippen molar-refractivity contribution in [3.63, 3.8) is 0 Å². The molecule has 1 aromatic rings. The predicted molar refractivity (Wildman–Crippen MR) is 140 cm³/mol. The van der Waals surface area contributed by atoms with Crippen LogP contribution in [-0.2, 0) is 4.74 Å². The third-order valence-corrected chi connectivity index (χ3v) is 5.14. The molecule has 1 aliphatic rings. The Morgan fingerprint density at radius 1 is 1.19 bits per heavy atom. The number of rotatable bonds is 11. The summed E-state index contributed by atoms with van der Waals surface area (Å²) in [6.07, 6.45) is 1.11. The van der Waals surface area contributed by atoms with E-state index < -0.39 is 0 Å². The van der Waals surface area contributed by atoms with Gasteiger partial charge >= 0.3 is 0 Å². The van der Waals surface area contributed by atoms with Crippen molar-refractivity contribution in [3.8, 4) is 5.75 Å². The van der Waals surface area contributed by atoms with Gasteiger partial charge in [0.15, 0.2) is 5.96 Å². The molecule has 1 amide bonds. The van der Waals surface area contributed by atoms with E-state index >= 15 is 0 Å². The standard InChI is InChI=1S/C23H39N5O3.HI/c1-5-24-23(27-17-20(15-18(2)3)28-11-13-31-14-12-28)26-10-9-25-22(29)19-7-6-8-21(16-19)30-4;/h6-8,16,18,20H,5,9-15,17H2,1-4H3,(H,25,29)(H2,24,26,27);1H. The van der Waals surface area contributed by atoms with Crippen molar-refractivity contribution >= 4 is 35.8 Å². The number of halogens is 1. The van der Waals surface area contributed by atoms with E-state index in [0.717, 1.165) is 51.8 Å². The minimum absolute atomic E-state index is 0. The van der Waals surface area contributed by atoms with Gasteiger partial charge in [0.05, 0.1) is 26.9 Å². The third-order valence-electron chi connectivity index (χ3n) is 5.14. The van der Waals surface area contributed by atoms with Crippen molar-refractivity contribution in [2.75, 3.05) is 59.6 Å². The van der Waals surface area contributed by atoms with Crippen LogP contribution in [0.3, 0.4) is 0 Å². The summed E-state index contributed by atoms with van der Waals surface area (Å²) in [6, 6.07) is 7.55. The second-order valence-electron chi connectivity index (χ2n) is 8.07. The molecule has 0 aromatic heterocycles. The Kier molecular flexibility index (Phi) is 14.3. The molecule has 1 fully saturated rings. The van der Waals surface area contributed by atoms with Gasteiger partial charge in [-0.25, -0.2) is 0 Å². The fourth-order valence-electron chi connectivity index (χ4n) is 3.59. The van der Waals surface area contributed by atoms with E-state index in [-0.39, 0.29) is 29.9 Å². The summed E-state index contributed by atoms with van der Waals surface area (Å²) >= 11 is 0. The molecule has 0 spiro atoms. The highest BCUT2D eigenvalue weighted by molar-refractivity contribution is 14.0. The van der Waals surface area contributed by atoms with E-state index in [1.165, 1.54) is 0 Å². The number of carbonyl (C=O) groups excluding carboxylic acids is 1. The zero-order valence-electron chi connectivity index (χ0n) is 19.9. The number of methoxy groups -OCH3 is 1. The van der Waals surface area contributed by atoms with Crippen LogP contribution in [0.2, 0.25) is 0 Å². The second kappa shape index (κ2) is 16.1. The lowest BCUT2D eigenvalue weighted by Gasteiger charge is -2.34. The summed E-state index contributed by atoms with van der Waals surface area (Å²) in [5.74, 6) is 1.95. The lowest BCUT2D eigenvalue weighted by molar-refractivity contribution is 0.0143. The van der Waals surface area contributed by atoms with Gasteiger partial charge in [0, 0.05) is 44.3 Å². The Morgan fingerprint density at radius 2 is 1.91 bits per heavy atom. The maximum absolute atomic E-state index is 12.3. The molecule has 0 aliphatic carbocycles. The highest BCUT2D eigenvalue weighted by Crippen LogP contribution is 2.14. The zero-order chi connectivity index (χ0) is 22.5. The second-order valence-corrected chi connectivity index (χ2v) is 8.07. The number of aliphatic imine (C=N–C) groups is 1. The van der Waals surface area contributed by atoms with Gasteiger partial charge in [-0.05, 0) is 37.5 Å². The molecule has 8 nitrogen and oxygen atoms in total. The summed E-state index contributed by atoms with van der Waals surface area (Å²) in [5, 5.41) is 9.54. The number of nitrogens with one attached hydrogen (secondary N) is 3. The van der Waals surface area contributed by atoms with Gasteiger partial charge in [0.2, 0.25) is 0 Å². The van der Waals surface area contributed by atoms with Crippen LogP contribution in [0, 0.1) is 5.92 Å². The fraction of sp³-hybridized carbons (Fsp3) is 0.652. The number of guanidine groups is 1. The van der Waals surface area contributed by atoms with Crippen LogP contribution in [0.1, 0.15) is 37.6 Å². The van der Waals surface area contributed by atoms with Crippen LogP contribution in [0.15, 0.2) is 29.3 Å². The summed E-state index contributed by atoms with van der Waals surface area (Å²) in [6.45, 7) is 12.7. The molecule has 3 N–H and O–H groups in total. The first-order valence-corrected chi connectivity index (χ1v) is 11.3. The molecular formula is C23H40IN5O3. The van der Waals surface area contributed by atoms with Gasteiger partial charge in [0.25, 0.3) is 5.91 Å². The Hall–Kier alpha value is -1.59. The zero-order valence-corrected chi connectivity index (χ0v) is 22.2. The Morgan fingerprint density at radius 3 is 2.56 bits per heavy atom. The lowest BCUT2D eigenvalue weighted by atomic mass is 10.0. The average Bonchev–Trinajstić information content (AvgIpc) is 2.79. The van der Waals surface area contributed by atoms with Gasteiger partial charge in [-0.1, -0.05) is 19.9 Å². The molecule has 0 saturated carbocycles. The minimum Gasteiger partial charge on any atom is -0.497 e. The van der Waals surface area contributed by atoms with E-state index in [4.69, 9.17) is 14.5 Å². The number of benzene rings is 1. The number of carbonyl (C=O) groups is 1. The topological polar surface area (TPSA) is 87.2 Å². The molecule has 182 valence electrons. The van der Waals surface area contributed by atoms with Crippen molar-refractivity contribution in [1.29, 1.82) is 0 Å². The SMILES string of the molecule is CCNC(=NCC(CC(C)C)N1CCOCC1)NCCNC(=O)c1cccc(OC)c1.I. The first kappa shape index (κ1) is 28.4. The van der Waals surface area contributed by atoms with Gasteiger partial charge in [-0.3, -0.25) is 14.7 Å². The molecule has 32 heavy (non-hydrogen) atoms. The van der Waals surface area contributed by atoms with Crippen molar-refractivity contribution in [2.45, 2.75) is 33.2 Å². The summed E-state index contributed by atoms with van der Waals surface area (Å²) < 4.78 is 10.7. The Bertz CT molecular complexity index is 696. The largest absolute Gasteiger partial charge is 0.497 e. The highest BCUT2D eigenvalue weighted by Gasteiger charge is 2.21. The van der Waals surface area contributed by atoms with Crippen LogP contribution in [0.4, 0.5) is 0 Å².